The predicted molar refractivity (Wildman–Crippen MR) is 78.0 cm³/mol. The summed E-state index contributed by atoms with van der Waals surface area (Å²) in [6.45, 7) is 4.52. The Bertz CT molecular complexity index is 649. The lowest BCUT2D eigenvalue weighted by atomic mass is 10.1. The molecule has 0 radical (unpaired) electrons. The van der Waals surface area contributed by atoms with Gasteiger partial charge in [-0.25, -0.2) is 0 Å². The molecule has 3 heteroatoms. The van der Waals surface area contributed by atoms with Crippen LogP contribution >= 0.6 is 0 Å². The van der Waals surface area contributed by atoms with Gasteiger partial charge in [0.25, 0.3) is 0 Å². The van der Waals surface area contributed by atoms with Crippen LogP contribution in [0.2, 0.25) is 0 Å². The van der Waals surface area contributed by atoms with Crippen LogP contribution in [-0.2, 0) is 4.79 Å². The number of hydrogen-bond acceptors (Lipinski definition) is 2. The fraction of sp³-hybridized carbons (Fsp3) is 0.188. The highest BCUT2D eigenvalue weighted by atomic mass is 16.2. The normalized spacial score (nSPS) is 14.0. The quantitative estimate of drug-likeness (QED) is 0.843. The Morgan fingerprint density at radius 3 is 2.63 bits per heavy atom. The second-order valence-corrected chi connectivity index (χ2v) is 4.94. The van der Waals surface area contributed by atoms with E-state index in [1.165, 1.54) is 11.1 Å². The molecule has 2 aromatic carbocycles. The van der Waals surface area contributed by atoms with Crippen molar-refractivity contribution in [1.29, 1.82) is 0 Å². The molecule has 96 valence electrons. The Morgan fingerprint density at radius 1 is 1.05 bits per heavy atom. The van der Waals surface area contributed by atoms with E-state index >= 15 is 0 Å². The molecule has 0 saturated carbocycles. The summed E-state index contributed by atoms with van der Waals surface area (Å²) in [5, 5.41) is 2.91. The maximum atomic E-state index is 11.8. The summed E-state index contributed by atoms with van der Waals surface area (Å²) >= 11 is 0. The van der Waals surface area contributed by atoms with Gasteiger partial charge in [-0.1, -0.05) is 29.8 Å². The largest absolute Gasteiger partial charge is 0.330 e. The molecule has 0 aromatic heterocycles. The molecule has 3 rings (SSSR count). The number of hydrogen-bond donors (Lipinski definition) is 1. The Balaban J connectivity index is 2.12. The van der Waals surface area contributed by atoms with Crippen LogP contribution in [-0.4, -0.2) is 12.5 Å². The van der Waals surface area contributed by atoms with Gasteiger partial charge in [-0.2, -0.15) is 0 Å². The van der Waals surface area contributed by atoms with Crippen molar-refractivity contribution in [3.8, 4) is 0 Å². The van der Waals surface area contributed by atoms with Crippen molar-refractivity contribution in [3.05, 3.63) is 53.6 Å². The predicted octanol–water partition coefficient (Wildman–Crippen LogP) is 3.39. The highest BCUT2D eigenvalue weighted by Gasteiger charge is 2.23. The zero-order chi connectivity index (χ0) is 13.4. The van der Waals surface area contributed by atoms with Crippen LogP contribution in [0.3, 0.4) is 0 Å². The molecule has 19 heavy (non-hydrogen) atoms. The maximum Gasteiger partial charge on any atom is 0.244 e. The van der Waals surface area contributed by atoms with Crippen molar-refractivity contribution in [2.75, 3.05) is 16.8 Å². The summed E-state index contributed by atoms with van der Waals surface area (Å²) in [6.07, 6.45) is 0. The topological polar surface area (TPSA) is 32.3 Å². The van der Waals surface area contributed by atoms with Crippen LogP contribution in [0.4, 0.5) is 17.1 Å². The Labute approximate surface area is 112 Å². The van der Waals surface area contributed by atoms with Crippen LogP contribution in [0.25, 0.3) is 0 Å². The first-order chi connectivity index (χ1) is 9.15. The van der Waals surface area contributed by atoms with E-state index in [9.17, 15) is 4.79 Å². The smallest absolute Gasteiger partial charge is 0.244 e. The molecule has 0 aliphatic carbocycles. The number of carbonyl (C=O) groups excluding carboxylic acids is 1. The van der Waals surface area contributed by atoms with Gasteiger partial charge in [0.05, 0.1) is 11.4 Å². The number of para-hydroxylation sites is 2. The van der Waals surface area contributed by atoms with Crippen molar-refractivity contribution in [2.24, 2.45) is 0 Å². The van der Waals surface area contributed by atoms with Crippen LogP contribution in [0, 0.1) is 13.8 Å². The number of fused-ring (bicyclic) bond motifs is 1. The number of nitrogens with zero attached hydrogens (tertiary/aromatic N) is 1. The third kappa shape index (κ3) is 2.08. The number of benzene rings is 2. The molecule has 1 N–H and O–H groups in total. The lowest BCUT2D eigenvalue weighted by molar-refractivity contribution is -0.115. The van der Waals surface area contributed by atoms with Gasteiger partial charge < -0.3 is 10.2 Å². The van der Waals surface area contributed by atoms with Gasteiger partial charge in [-0.05, 0) is 37.6 Å². The summed E-state index contributed by atoms with van der Waals surface area (Å²) in [5.41, 5.74) is 5.43. The first-order valence-electron chi connectivity index (χ1n) is 6.39. The molecule has 2 aromatic rings. The van der Waals surface area contributed by atoms with Crippen molar-refractivity contribution < 1.29 is 4.79 Å². The summed E-state index contributed by atoms with van der Waals surface area (Å²) in [4.78, 5) is 13.9. The number of rotatable bonds is 1. The molecule has 1 aliphatic rings. The molecule has 1 amide bonds. The second-order valence-electron chi connectivity index (χ2n) is 4.94. The molecule has 0 atom stereocenters. The van der Waals surface area contributed by atoms with Gasteiger partial charge >= 0.3 is 0 Å². The SMILES string of the molecule is Cc1ccc(N2CC(=O)Nc3ccccc32)c(C)c1. The van der Waals surface area contributed by atoms with Crippen LogP contribution in [0.1, 0.15) is 11.1 Å². The van der Waals surface area contributed by atoms with Crippen LogP contribution < -0.4 is 10.2 Å². The number of nitrogens with one attached hydrogen (secondary N) is 1. The van der Waals surface area contributed by atoms with E-state index in [0.717, 1.165) is 17.1 Å². The second kappa shape index (κ2) is 4.43. The van der Waals surface area contributed by atoms with E-state index in [0.29, 0.717) is 6.54 Å². The molecular weight excluding hydrogens is 236 g/mol. The summed E-state index contributed by atoms with van der Waals surface area (Å²) in [6, 6.07) is 14.2. The molecule has 0 saturated heterocycles. The van der Waals surface area contributed by atoms with Crippen molar-refractivity contribution in [3.63, 3.8) is 0 Å². The lowest BCUT2D eigenvalue weighted by Gasteiger charge is -2.32. The standard InChI is InChI=1S/C16H16N2O/c1-11-7-8-14(12(2)9-11)18-10-16(19)17-13-5-3-4-6-15(13)18/h3-9H,10H2,1-2H3,(H,17,19). The fourth-order valence-corrected chi connectivity index (χ4v) is 2.56. The number of carbonyl (C=O) groups is 1. The molecule has 0 fully saturated rings. The van der Waals surface area contributed by atoms with E-state index in [1.54, 1.807) is 0 Å². The Morgan fingerprint density at radius 2 is 1.84 bits per heavy atom. The average molecular weight is 252 g/mol. The zero-order valence-corrected chi connectivity index (χ0v) is 11.1. The molecule has 1 aliphatic heterocycles. The minimum absolute atomic E-state index is 0.0266. The molecule has 1 heterocycles. The number of amides is 1. The molecule has 0 bridgehead atoms. The van der Waals surface area contributed by atoms with Crippen molar-refractivity contribution >= 4 is 23.0 Å². The number of anilines is 3. The van der Waals surface area contributed by atoms with E-state index in [1.807, 2.05) is 24.3 Å². The zero-order valence-electron chi connectivity index (χ0n) is 11.1. The highest BCUT2D eigenvalue weighted by molar-refractivity contribution is 6.03. The number of aryl methyl sites for hydroxylation is 2. The van der Waals surface area contributed by atoms with Gasteiger partial charge in [0, 0.05) is 5.69 Å². The first-order valence-corrected chi connectivity index (χ1v) is 6.39. The van der Waals surface area contributed by atoms with Crippen molar-refractivity contribution in [1.82, 2.24) is 0 Å². The van der Waals surface area contributed by atoms with E-state index in [4.69, 9.17) is 0 Å². The first kappa shape index (κ1) is 11.8. The summed E-state index contributed by atoms with van der Waals surface area (Å²) < 4.78 is 0. The Kier molecular flexibility index (Phi) is 2.75. The maximum absolute atomic E-state index is 11.8. The third-order valence-corrected chi connectivity index (χ3v) is 3.41. The monoisotopic (exact) mass is 252 g/mol. The van der Waals surface area contributed by atoms with Gasteiger partial charge in [-0.3, -0.25) is 4.79 Å². The van der Waals surface area contributed by atoms with E-state index < -0.39 is 0 Å². The summed E-state index contributed by atoms with van der Waals surface area (Å²) in [5.74, 6) is 0.0266. The minimum Gasteiger partial charge on any atom is -0.330 e. The van der Waals surface area contributed by atoms with Crippen molar-refractivity contribution in [2.45, 2.75) is 13.8 Å². The van der Waals surface area contributed by atoms with E-state index in [2.05, 4.69) is 42.3 Å². The van der Waals surface area contributed by atoms with E-state index in [-0.39, 0.29) is 5.91 Å². The minimum atomic E-state index is 0.0266. The molecular formula is C16H16N2O. The lowest BCUT2D eigenvalue weighted by Crippen LogP contribution is -2.35. The average Bonchev–Trinajstić information content (AvgIpc) is 2.38. The van der Waals surface area contributed by atoms with Gasteiger partial charge in [0.15, 0.2) is 0 Å². The van der Waals surface area contributed by atoms with Gasteiger partial charge in [0.1, 0.15) is 6.54 Å². The highest BCUT2D eigenvalue weighted by Crippen LogP contribution is 2.36. The van der Waals surface area contributed by atoms with Gasteiger partial charge in [0.2, 0.25) is 5.91 Å². The molecule has 0 spiro atoms. The molecule has 3 nitrogen and oxygen atoms in total. The fourth-order valence-electron chi connectivity index (χ4n) is 2.56. The summed E-state index contributed by atoms with van der Waals surface area (Å²) in [7, 11) is 0. The third-order valence-electron chi connectivity index (χ3n) is 3.41. The van der Waals surface area contributed by atoms with Gasteiger partial charge in [-0.15, -0.1) is 0 Å². The van der Waals surface area contributed by atoms with Crippen LogP contribution in [0.15, 0.2) is 42.5 Å². The molecule has 0 unspecified atom stereocenters. The van der Waals surface area contributed by atoms with Crippen LogP contribution in [0.5, 0.6) is 0 Å². The Hall–Kier alpha value is -2.29.